The first-order chi connectivity index (χ1) is 7.70. The van der Waals surface area contributed by atoms with Crippen molar-refractivity contribution in [1.29, 1.82) is 0 Å². The number of thioether (sulfide) groups is 1. The first-order valence-electron chi connectivity index (χ1n) is 5.89. The van der Waals surface area contributed by atoms with E-state index in [1.165, 1.54) is 19.3 Å². The lowest BCUT2D eigenvalue weighted by molar-refractivity contribution is -0.121. The predicted octanol–water partition coefficient (Wildman–Crippen LogP) is 0.982. The fourth-order valence-electron chi connectivity index (χ4n) is 2.30. The Bertz CT molecular complexity index is 306. The van der Waals surface area contributed by atoms with Gasteiger partial charge < -0.3 is 10.6 Å². The summed E-state index contributed by atoms with van der Waals surface area (Å²) in [5.41, 5.74) is 0. The second-order valence-corrected chi connectivity index (χ2v) is 5.49. The molecule has 1 amide bonds. The maximum Gasteiger partial charge on any atom is 0.242 e. The van der Waals surface area contributed by atoms with Gasteiger partial charge in [0.05, 0.1) is 6.04 Å². The van der Waals surface area contributed by atoms with E-state index in [9.17, 15) is 4.79 Å². The Labute approximate surface area is 101 Å². The maximum atomic E-state index is 11.4. The van der Waals surface area contributed by atoms with Crippen molar-refractivity contribution in [2.75, 3.05) is 12.8 Å². The highest BCUT2D eigenvalue weighted by Crippen LogP contribution is 2.34. The minimum Gasteiger partial charge on any atom is -0.357 e. The van der Waals surface area contributed by atoms with Gasteiger partial charge in [0, 0.05) is 12.8 Å². The number of amides is 1. The van der Waals surface area contributed by atoms with Crippen LogP contribution in [-0.2, 0) is 4.79 Å². The van der Waals surface area contributed by atoms with Crippen LogP contribution in [0.25, 0.3) is 0 Å². The monoisotopic (exact) mass is 241 g/mol. The average molecular weight is 241 g/mol. The van der Waals surface area contributed by atoms with E-state index in [4.69, 9.17) is 0 Å². The largest absolute Gasteiger partial charge is 0.357 e. The Morgan fingerprint density at radius 3 is 3.12 bits per heavy atom. The smallest absolute Gasteiger partial charge is 0.242 e. The van der Waals surface area contributed by atoms with Crippen LogP contribution in [0, 0.1) is 5.92 Å². The van der Waals surface area contributed by atoms with Gasteiger partial charge in [-0.15, -0.1) is 0 Å². The molecule has 0 aromatic heterocycles. The zero-order chi connectivity index (χ0) is 11.5. The Kier molecular flexibility index (Phi) is 3.74. The molecule has 0 bridgehead atoms. The first kappa shape index (κ1) is 11.8. The van der Waals surface area contributed by atoms with Crippen molar-refractivity contribution in [1.82, 2.24) is 10.6 Å². The summed E-state index contributed by atoms with van der Waals surface area (Å²) in [6, 6.07) is 0.301. The SMILES string of the molecule is CNC(=O)C(C)NC1=NC2CCCC2CS1. The molecule has 3 atom stereocenters. The van der Waals surface area contributed by atoms with Gasteiger partial charge in [-0.1, -0.05) is 18.2 Å². The molecule has 0 spiro atoms. The molecule has 2 N–H and O–H groups in total. The number of nitrogens with zero attached hydrogens (tertiary/aromatic N) is 1. The molecule has 1 aliphatic carbocycles. The van der Waals surface area contributed by atoms with Crippen molar-refractivity contribution >= 4 is 22.8 Å². The van der Waals surface area contributed by atoms with E-state index in [1.54, 1.807) is 18.8 Å². The highest BCUT2D eigenvalue weighted by atomic mass is 32.2. The van der Waals surface area contributed by atoms with Crippen molar-refractivity contribution in [2.45, 2.75) is 38.3 Å². The van der Waals surface area contributed by atoms with Crippen LogP contribution in [0.15, 0.2) is 4.99 Å². The summed E-state index contributed by atoms with van der Waals surface area (Å²) in [5.74, 6) is 1.93. The fourth-order valence-corrected chi connectivity index (χ4v) is 3.53. The number of carbonyl (C=O) groups excluding carboxylic acids is 1. The Morgan fingerprint density at radius 1 is 1.56 bits per heavy atom. The van der Waals surface area contributed by atoms with E-state index in [0.717, 1.165) is 16.8 Å². The van der Waals surface area contributed by atoms with Crippen molar-refractivity contribution < 1.29 is 4.79 Å². The molecule has 1 saturated carbocycles. The number of hydrogen-bond donors (Lipinski definition) is 2. The van der Waals surface area contributed by atoms with E-state index in [1.807, 2.05) is 6.92 Å². The van der Waals surface area contributed by atoms with Crippen LogP contribution in [0.3, 0.4) is 0 Å². The third-order valence-electron chi connectivity index (χ3n) is 3.32. The van der Waals surface area contributed by atoms with Gasteiger partial charge in [0.1, 0.15) is 6.04 Å². The van der Waals surface area contributed by atoms with E-state index >= 15 is 0 Å². The molecule has 1 aliphatic heterocycles. The molecule has 1 fully saturated rings. The van der Waals surface area contributed by atoms with Crippen LogP contribution < -0.4 is 10.6 Å². The van der Waals surface area contributed by atoms with Crippen LogP contribution in [-0.4, -0.2) is 36.0 Å². The highest BCUT2D eigenvalue weighted by Gasteiger charge is 2.31. The molecule has 0 aromatic rings. The van der Waals surface area contributed by atoms with Crippen LogP contribution >= 0.6 is 11.8 Å². The number of aliphatic imine (C=N–C) groups is 1. The molecule has 4 nitrogen and oxygen atoms in total. The van der Waals surface area contributed by atoms with Gasteiger partial charge in [-0.25, -0.2) is 0 Å². The lowest BCUT2D eigenvalue weighted by atomic mass is 10.1. The number of rotatable bonds is 2. The summed E-state index contributed by atoms with van der Waals surface area (Å²) >= 11 is 1.75. The minimum atomic E-state index is -0.200. The lowest BCUT2D eigenvalue weighted by Gasteiger charge is -2.25. The quantitative estimate of drug-likeness (QED) is 0.758. The lowest BCUT2D eigenvalue weighted by Crippen LogP contribution is -2.44. The summed E-state index contributed by atoms with van der Waals surface area (Å²) in [7, 11) is 1.66. The van der Waals surface area contributed by atoms with Gasteiger partial charge >= 0.3 is 0 Å². The Balaban J connectivity index is 1.93. The van der Waals surface area contributed by atoms with Crippen LogP contribution in [0.1, 0.15) is 26.2 Å². The zero-order valence-electron chi connectivity index (χ0n) is 9.82. The third kappa shape index (κ3) is 2.51. The van der Waals surface area contributed by atoms with Crippen molar-refractivity contribution in [3.8, 4) is 0 Å². The third-order valence-corrected chi connectivity index (χ3v) is 4.41. The molecule has 0 saturated heterocycles. The maximum absolute atomic E-state index is 11.4. The molecule has 0 radical (unpaired) electrons. The van der Waals surface area contributed by atoms with Gasteiger partial charge in [0.15, 0.2) is 5.17 Å². The topological polar surface area (TPSA) is 53.5 Å². The van der Waals surface area contributed by atoms with Gasteiger partial charge in [-0.3, -0.25) is 9.79 Å². The highest BCUT2D eigenvalue weighted by molar-refractivity contribution is 8.13. The summed E-state index contributed by atoms with van der Waals surface area (Å²) in [6.45, 7) is 1.86. The van der Waals surface area contributed by atoms with E-state index in [0.29, 0.717) is 6.04 Å². The number of likely N-dealkylation sites (N-methyl/N-ethyl adjacent to an activating group) is 1. The standard InChI is InChI=1S/C11H19N3OS/c1-7(10(15)12-2)13-11-14-9-5-3-4-8(9)6-16-11/h7-9H,3-6H2,1-2H3,(H,12,15)(H,13,14). The van der Waals surface area contributed by atoms with E-state index in [2.05, 4.69) is 15.6 Å². The predicted molar refractivity (Wildman–Crippen MR) is 67.7 cm³/mol. The summed E-state index contributed by atoms with van der Waals surface area (Å²) in [4.78, 5) is 16.1. The molecule has 5 heteroatoms. The van der Waals surface area contributed by atoms with Gasteiger partial charge in [-0.2, -0.15) is 0 Å². The van der Waals surface area contributed by atoms with E-state index < -0.39 is 0 Å². The first-order valence-corrected chi connectivity index (χ1v) is 6.88. The second kappa shape index (κ2) is 5.08. The summed E-state index contributed by atoms with van der Waals surface area (Å²) in [6.07, 6.45) is 3.84. The molecule has 2 rings (SSSR count). The molecule has 2 aliphatic rings. The average Bonchev–Trinajstić information content (AvgIpc) is 2.75. The number of fused-ring (bicyclic) bond motifs is 1. The van der Waals surface area contributed by atoms with E-state index in [-0.39, 0.29) is 11.9 Å². The fraction of sp³-hybridized carbons (Fsp3) is 0.818. The number of amidine groups is 1. The van der Waals surface area contributed by atoms with Crippen molar-refractivity contribution in [3.63, 3.8) is 0 Å². The molecule has 16 heavy (non-hydrogen) atoms. The second-order valence-electron chi connectivity index (χ2n) is 4.48. The molecule has 0 aromatic carbocycles. The van der Waals surface area contributed by atoms with Crippen LogP contribution in [0.5, 0.6) is 0 Å². The normalized spacial score (nSPS) is 30.2. The van der Waals surface area contributed by atoms with Crippen molar-refractivity contribution in [3.05, 3.63) is 0 Å². The van der Waals surface area contributed by atoms with Gasteiger partial charge in [0.25, 0.3) is 0 Å². The van der Waals surface area contributed by atoms with Gasteiger partial charge in [-0.05, 0) is 25.7 Å². The van der Waals surface area contributed by atoms with Crippen molar-refractivity contribution in [2.24, 2.45) is 10.9 Å². The molecule has 1 heterocycles. The van der Waals surface area contributed by atoms with Crippen LogP contribution in [0.4, 0.5) is 0 Å². The Hall–Kier alpha value is -0.710. The number of nitrogens with one attached hydrogen (secondary N) is 2. The molecule has 3 unspecified atom stereocenters. The number of hydrogen-bond acceptors (Lipinski definition) is 4. The number of carbonyl (C=O) groups is 1. The minimum absolute atomic E-state index is 0.0110. The zero-order valence-corrected chi connectivity index (χ0v) is 10.6. The summed E-state index contributed by atoms with van der Waals surface area (Å²) in [5, 5.41) is 6.76. The van der Waals surface area contributed by atoms with Crippen LogP contribution in [0.2, 0.25) is 0 Å². The molecular formula is C11H19N3OS. The molecule has 90 valence electrons. The Morgan fingerprint density at radius 2 is 2.38 bits per heavy atom. The summed E-state index contributed by atoms with van der Waals surface area (Å²) < 4.78 is 0. The van der Waals surface area contributed by atoms with Gasteiger partial charge in [0.2, 0.25) is 5.91 Å². The molecular weight excluding hydrogens is 222 g/mol.